The molecule has 0 aromatic rings. The van der Waals surface area contributed by atoms with E-state index in [-0.39, 0.29) is 16.7 Å². The van der Waals surface area contributed by atoms with Gasteiger partial charge in [-0.05, 0) is 31.2 Å². The second-order valence-electron chi connectivity index (χ2n) is 5.89. The van der Waals surface area contributed by atoms with Gasteiger partial charge in [-0.1, -0.05) is 33.6 Å². The SMILES string of the molecule is CCC1(C(=O)NCC(C)(C)CN)CCCC1. The Labute approximate surface area is 99.2 Å². The Morgan fingerprint density at radius 2 is 1.94 bits per heavy atom. The van der Waals surface area contributed by atoms with Crippen LogP contribution >= 0.6 is 0 Å². The molecule has 3 N–H and O–H groups in total. The van der Waals surface area contributed by atoms with Gasteiger partial charge in [0, 0.05) is 12.0 Å². The minimum absolute atomic E-state index is 0.00317. The molecule has 1 aliphatic carbocycles. The van der Waals surface area contributed by atoms with Crippen LogP contribution in [0.4, 0.5) is 0 Å². The van der Waals surface area contributed by atoms with Crippen LogP contribution in [-0.2, 0) is 4.79 Å². The molecule has 1 aliphatic rings. The van der Waals surface area contributed by atoms with Crippen molar-refractivity contribution in [1.29, 1.82) is 0 Å². The van der Waals surface area contributed by atoms with Crippen LogP contribution in [-0.4, -0.2) is 19.0 Å². The minimum atomic E-state index is -0.0787. The summed E-state index contributed by atoms with van der Waals surface area (Å²) in [6.07, 6.45) is 5.46. The first-order valence-electron chi connectivity index (χ1n) is 6.44. The first kappa shape index (κ1) is 13.5. The summed E-state index contributed by atoms with van der Waals surface area (Å²) in [6, 6.07) is 0. The van der Waals surface area contributed by atoms with Crippen LogP contribution in [0.25, 0.3) is 0 Å². The second kappa shape index (κ2) is 5.17. The van der Waals surface area contributed by atoms with Crippen molar-refractivity contribution in [2.24, 2.45) is 16.6 Å². The van der Waals surface area contributed by atoms with Gasteiger partial charge in [0.25, 0.3) is 0 Å². The molecule has 0 saturated heterocycles. The quantitative estimate of drug-likeness (QED) is 0.754. The third-order valence-electron chi connectivity index (χ3n) is 4.00. The first-order chi connectivity index (χ1) is 7.46. The summed E-state index contributed by atoms with van der Waals surface area (Å²) in [4.78, 5) is 12.2. The lowest BCUT2D eigenvalue weighted by atomic mass is 9.82. The van der Waals surface area contributed by atoms with Crippen molar-refractivity contribution in [2.45, 2.75) is 52.9 Å². The maximum atomic E-state index is 12.2. The van der Waals surface area contributed by atoms with Gasteiger partial charge in [-0.15, -0.1) is 0 Å². The lowest BCUT2D eigenvalue weighted by Gasteiger charge is -2.29. The van der Waals surface area contributed by atoms with Crippen molar-refractivity contribution in [1.82, 2.24) is 5.32 Å². The average Bonchev–Trinajstić information content (AvgIpc) is 2.76. The molecule has 0 aromatic carbocycles. The lowest BCUT2D eigenvalue weighted by Crippen LogP contribution is -2.44. The fraction of sp³-hybridized carbons (Fsp3) is 0.923. The maximum absolute atomic E-state index is 12.2. The van der Waals surface area contributed by atoms with Gasteiger partial charge in [0.2, 0.25) is 5.91 Å². The standard InChI is InChI=1S/C13H26N2O/c1-4-13(7-5-6-8-13)11(16)15-10-12(2,3)9-14/h4-10,14H2,1-3H3,(H,15,16). The highest BCUT2D eigenvalue weighted by Crippen LogP contribution is 2.41. The molecule has 1 saturated carbocycles. The largest absolute Gasteiger partial charge is 0.355 e. The molecule has 0 aliphatic heterocycles. The Kier molecular flexibility index (Phi) is 4.36. The van der Waals surface area contributed by atoms with E-state index in [2.05, 4.69) is 26.1 Å². The normalized spacial score (nSPS) is 19.8. The number of carbonyl (C=O) groups excluding carboxylic acids is 1. The highest BCUT2D eigenvalue weighted by atomic mass is 16.2. The highest BCUT2D eigenvalue weighted by molar-refractivity contribution is 5.82. The van der Waals surface area contributed by atoms with E-state index in [9.17, 15) is 4.79 Å². The highest BCUT2D eigenvalue weighted by Gasteiger charge is 2.39. The Hall–Kier alpha value is -0.570. The molecule has 3 nitrogen and oxygen atoms in total. The molecule has 1 amide bonds. The molecule has 16 heavy (non-hydrogen) atoms. The van der Waals surface area contributed by atoms with Crippen molar-refractivity contribution in [3.05, 3.63) is 0 Å². The molecule has 0 aromatic heterocycles. The second-order valence-corrected chi connectivity index (χ2v) is 5.89. The predicted octanol–water partition coefficient (Wildman–Crippen LogP) is 2.06. The lowest BCUT2D eigenvalue weighted by molar-refractivity contribution is -0.131. The van der Waals surface area contributed by atoms with Crippen molar-refractivity contribution in [2.75, 3.05) is 13.1 Å². The number of amides is 1. The Bertz CT molecular complexity index is 242. The van der Waals surface area contributed by atoms with Crippen LogP contribution in [0.5, 0.6) is 0 Å². The molecule has 0 radical (unpaired) electrons. The Balaban J connectivity index is 2.51. The predicted molar refractivity (Wildman–Crippen MR) is 67.0 cm³/mol. The van der Waals surface area contributed by atoms with Gasteiger partial charge in [0.15, 0.2) is 0 Å². The molecular weight excluding hydrogens is 200 g/mol. The van der Waals surface area contributed by atoms with E-state index < -0.39 is 0 Å². The molecular formula is C13H26N2O. The number of nitrogens with two attached hydrogens (primary N) is 1. The van der Waals surface area contributed by atoms with Crippen molar-refractivity contribution in [3.8, 4) is 0 Å². The molecule has 0 spiro atoms. The molecule has 0 unspecified atom stereocenters. The van der Waals surface area contributed by atoms with Gasteiger partial charge < -0.3 is 11.1 Å². The summed E-state index contributed by atoms with van der Waals surface area (Å²) in [5, 5.41) is 3.09. The van der Waals surface area contributed by atoms with Crippen molar-refractivity contribution >= 4 is 5.91 Å². The topological polar surface area (TPSA) is 55.1 Å². The molecule has 3 heteroatoms. The molecule has 1 rings (SSSR count). The zero-order valence-corrected chi connectivity index (χ0v) is 10.9. The summed E-state index contributed by atoms with van der Waals surface area (Å²) in [5.41, 5.74) is 5.58. The van der Waals surface area contributed by atoms with E-state index in [0.717, 1.165) is 19.3 Å². The third-order valence-corrected chi connectivity index (χ3v) is 4.00. The molecule has 0 heterocycles. The van der Waals surface area contributed by atoms with E-state index in [0.29, 0.717) is 13.1 Å². The van der Waals surface area contributed by atoms with Gasteiger partial charge in [-0.3, -0.25) is 4.79 Å². The Morgan fingerprint density at radius 3 is 2.38 bits per heavy atom. The van der Waals surface area contributed by atoms with E-state index in [1.54, 1.807) is 0 Å². The molecule has 0 bridgehead atoms. The fourth-order valence-electron chi connectivity index (χ4n) is 2.37. The van der Waals surface area contributed by atoms with Gasteiger partial charge >= 0.3 is 0 Å². The summed E-state index contributed by atoms with van der Waals surface area (Å²) in [5.74, 6) is 0.244. The maximum Gasteiger partial charge on any atom is 0.226 e. The van der Waals surface area contributed by atoms with Crippen LogP contribution in [0.2, 0.25) is 0 Å². The molecule has 1 fully saturated rings. The van der Waals surface area contributed by atoms with Gasteiger partial charge in [-0.2, -0.15) is 0 Å². The first-order valence-corrected chi connectivity index (χ1v) is 6.44. The van der Waals surface area contributed by atoms with Crippen LogP contribution in [0, 0.1) is 10.8 Å². The van der Waals surface area contributed by atoms with Crippen LogP contribution in [0.15, 0.2) is 0 Å². The summed E-state index contributed by atoms with van der Waals surface area (Å²) in [6.45, 7) is 7.58. The van der Waals surface area contributed by atoms with E-state index in [4.69, 9.17) is 5.73 Å². The van der Waals surface area contributed by atoms with Crippen LogP contribution in [0.3, 0.4) is 0 Å². The van der Waals surface area contributed by atoms with Crippen molar-refractivity contribution in [3.63, 3.8) is 0 Å². The number of nitrogens with one attached hydrogen (secondary N) is 1. The number of carbonyl (C=O) groups is 1. The van der Waals surface area contributed by atoms with E-state index >= 15 is 0 Å². The minimum Gasteiger partial charge on any atom is -0.355 e. The monoisotopic (exact) mass is 226 g/mol. The summed E-state index contributed by atoms with van der Waals surface area (Å²) >= 11 is 0. The fourth-order valence-corrected chi connectivity index (χ4v) is 2.37. The van der Waals surface area contributed by atoms with Crippen molar-refractivity contribution < 1.29 is 4.79 Å². The molecule has 94 valence electrons. The number of hydrogen-bond acceptors (Lipinski definition) is 2. The van der Waals surface area contributed by atoms with E-state index in [1.165, 1.54) is 12.8 Å². The summed E-state index contributed by atoms with van der Waals surface area (Å²) in [7, 11) is 0. The molecule has 0 atom stereocenters. The van der Waals surface area contributed by atoms with Gasteiger partial charge in [-0.25, -0.2) is 0 Å². The summed E-state index contributed by atoms with van der Waals surface area (Å²) < 4.78 is 0. The van der Waals surface area contributed by atoms with Gasteiger partial charge in [0.05, 0.1) is 0 Å². The zero-order chi connectivity index (χ0) is 12.2. The van der Waals surface area contributed by atoms with Gasteiger partial charge in [0.1, 0.15) is 0 Å². The number of rotatable bonds is 5. The Morgan fingerprint density at radius 1 is 1.38 bits per heavy atom. The average molecular weight is 226 g/mol. The van der Waals surface area contributed by atoms with Crippen LogP contribution in [0.1, 0.15) is 52.9 Å². The zero-order valence-electron chi connectivity index (χ0n) is 10.9. The third kappa shape index (κ3) is 2.97. The smallest absolute Gasteiger partial charge is 0.226 e. The number of hydrogen-bond donors (Lipinski definition) is 2. The van der Waals surface area contributed by atoms with Crippen LogP contribution < -0.4 is 11.1 Å². The van der Waals surface area contributed by atoms with E-state index in [1.807, 2.05) is 0 Å².